The van der Waals surface area contributed by atoms with Gasteiger partial charge in [0.2, 0.25) is 5.91 Å². The van der Waals surface area contributed by atoms with Crippen LogP contribution in [0, 0.1) is 5.92 Å². The maximum Gasteiger partial charge on any atom is 0.236 e. The van der Waals surface area contributed by atoms with Crippen LogP contribution in [0.5, 0.6) is 0 Å². The zero-order valence-corrected chi connectivity index (χ0v) is 18.1. The summed E-state index contributed by atoms with van der Waals surface area (Å²) in [6, 6.07) is 21.0. The summed E-state index contributed by atoms with van der Waals surface area (Å²) in [5.74, 6) is -2.86. The first-order valence-corrected chi connectivity index (χ1v) is 11.9. The standard InChI is InChI=1S/C24H20ClNO4S/c25-18-11-7-16(8-12-18)5-6-17-9-13-19(14-10-17)26-24(28)21-15-31(29,30)22-4-2-1-3-20(22)23(21)27/h1-4,7-14,21H,5-6,15H2,(H,26,28). The van der Waals surface area contributed by atoms with Crippen molar-refractivity contribution in [3.63, 3.8) is 0 Å². The number of amides is 1. The number of nitrogens with one attached hydrogen (secondary N) is 1. The molecule has 4 rings (SSSR count). The number of aryl methyl sites for hydroxylation is 2. The molecule has 3 aromatic carbocycles. The lowest BCUT2D eigenvalue weighted by molar-refractivity contribution is -0.118. The SMILES string of the molecule is O=C(Nc1ccc(CCc2ccc(Cl)cc2)cc1)C1CS(=O)(=O)c2ccccc2C1=O. The molecule has 158 valence electrons. The van der Waals surface area contributed by atoms with Crippen molar-refractivity contribution in [1.29, 1.82) is 0 Å². The lowest BCUT2D eigenvalue weighted by atomic mass is 9.97. The van der Waals surface area contributed by atoms with Gasteiger partial charge in [-0.2, -0.15) is 0 Å². The molecule has 5 nitrogen and oxygen atoms in total. The van der Waals surface area contributed by atoms with E-state index in [1.165, 1.54) is 17.7 Å². The van der Waals surface area contributed by atoms with Gasteiger partial charge in [-0.05, 0) is 54.3 Å². The number of carbonyl (C=O) groups is 2. The smallest absolute Gasteiger partial charge is 0.236 e. The molecule has 0 radical (unpaired) electrons. The third-order valence-corrected chi connectivity index (χ3v) is 7.39. The second-order valence-electron chi connectivity index (χ2n) is 7.51. The van der Waals surface area contributed by atoms with Gasteiger partial charge in [0.25, 0.3) is 0 Å². The van der Waals surface area contributed by atoms with Gasteiger partial charge in [-0.25, -0.2) is 8.42 Å². The first kappa shape index (κ1) is 21.3. The van der Waals surface area contributed by atoms with Crippen molar-refractivity contribution in [2.75, 3.05) is 11.1 Å². The van der Waals surface area contributed by atoms with E-state index < -0.39 is 33.2 Å². The third-order valence-electron chi connectivity index (χ3n) is 5.34. The summed E-state index contributed by atoms with van der Waals surface area (Å²) in [6.07, 6.45) is 1.68. The Morgan fingerprint density at radius 1 is 0.903 bits per heavy atom. The minimum Gasteiger partial charge on any atom is -0.325 e. The van der Waals surface area contributed by atoms with Crippen LogP contribution in [-0.2, 0) is 27.5 Å². The van der Waals surface area contributed by atoms with Crippen molar-refractivity contribution in [3.05, 3.63) is 94.5 Å². The van der Waals surface area contributed by atoms with Crippen LogP contribution in [0.15, 0.2) is 77.7 Å². The van der Waals surface area contributed by atoms with Gasteiger partial charge in [0.1, 0.15) is 5.92 Å². The molecule has 1 aliphatic rings. The molecule has 7 heteroatoms. The zero-order chi connectivity index (χ0) is 22.0. The molecule has 1 unspecified atom stereocenters. The summed E-state index contributed by atoms with van der Waals surface area (Å²) < 4.78 is 25.0. The van der Waals surface area contributed by atoms with Crippen molar-refractivity contribution >= 4 is 38.8 Å². The van der Waals surface area contributed by atoms with Crippen molar-refractivity contribution in [2.24, 2.45) is 5.92 Å². The Morgan fingerprint density at radius 2 is 1.48 bits per heavy atom. The molecule has 1 atom stereocenters. The van der Waals surface area contributed by atoms with Crippen molar-refractivity contribution < 1.29 is 18.0 Å². The van der Waals surface area contributed by atoms with Crippen LogP contribution in [0.2, 0.25) is 5.02 Å². The number of ketones is 1. The van der Waals surface area contributed by atoms with E-state index in [9.17, 15) is 18.0 Å². The van der Waals surface area contributed by atoms with E-state index in [2.05, 4.69) is 5.32 Å². The van der Waals surface area contributed by atoms with Gasteiger partial charge in [0.15, 0.2) is 15.6 Å². The van der Waals surface area contributed by atoms with Crippen LogP contribution in [0.25, 0.3) is 0 Å². The van der Waals surface area contributed by atoms with E-state index in [4.69, 9.17) is 11.6 Å². The molecule has 1 amide bonds. The van der Waals surface area contributed by atoms with Crippen molar-refractivity contribution in [1.82, 2.24) is 0 Å². The van der Waals surface area contributed by atoms with Gasteiger partial charge in [0, 0.05) is 16.3 Å². The maximum atomic E-state index is 12.7. The summed E-state index contributed by atoms with van der Waals surface area (Å²) in [7, 11) is -3.69. The molecule has 0 saturated carbocycles. The van der Waals surface area contributed by atoms with E-state index in [1.807, 2.05) is 36.4 Å². The highest BCUT2D eigenvalue weighted by Crippen LogP contribution is 2.29. The summed E-state index contributed by atoms with van der Waals surface area (Å²) in [5, 5.41) is 3.38. The molecule has 3 aromatic rings. The summed E-state index contributed by atoms with van der Waals surface area (Å²) >= 11 is 5.90. The fourth-order valence-corrected chi connectivity index (χ4v) is 5.47. The van der Waals surface area contributed by atoms with Gasteiger partial charge in [-0.15, -0.1) is 0 Å². The molecule has 0 fully saturated rings. The molecule has 31 heavy (non-hydrogen) atoms. The first-order valence-electron chi connectivity index (χ1n) is 9.84. The maximum absolute atomic E-state index is 12.7. The summed E-state index contributed by atoms with van der Waals surface area (Å²) in [4.78, 5) is 25.4. The number of anilines is 1. The van der Waals surface area contributed by atoms with Gasteiger partial charge < -0.3 is 5.32 Å². The van der Waals surface area contributed by atoms with E-state index in [1.54, 1.807) is 24.3 Å². The van der Waals surface area contributed by atoms with E-state index in [0.29, 0.717) is 10.7 Å². The third kappa shape index (κ3) is 4.70. The molecule has 0 aromatic heterocycles. The van der Waals surface area contributed by atoms with E-state index >= 15 is 0 Å². The van der Waals surface area contributed by atoms with Crippen LogP contribution >= 0.6 is 11.6 Å². The predicted molar refractivity (Wildman–Crippen MR) is 120 cm³/mol. The Bertz CT molecular complexity index is 1240. The summed E-state index contributed by atoms with van der Waals surface area (Å²) in [5.41, 5.74) is 2.87. The topological polar surface area (TPSA) is 80.3 Å². The number of Topliss-reactive ketones (excluding diaryl/α,β-unsaturated/α-hetero) is 1. The van der Waals surface area contributed by atoms with Gasteiger partial charge in [0.05, 0.1) is 10.6 Å². The Labute approximate surface area is 186 Å². The van der Waals surface area contributed by atoms with Gasteiger partial charge in [-0.1, -0.05) is 54.1 Å². The molecule has 1 heterocycles. The second-order valence-corrected chi connectivity index (χ2v) is 9.95. The monoisotopic (exact) mass is 453 g/mol. The fourth-order valence-electron chi connectivity index (χ4n) is 3.63. The quantitative estimate of drug-likeness (QED) is 0.582. The van der Waals surface area contributed by atoms with E-state index in [-0.39, 0.29) is 10.5 Å². The molecular formula is C24H20ClNO4S. The van der Waals surface area contributed by atoms with Crippen molar-refractivity contribution in [3.8, 4) is 0 Å². The highest BCUT2D eigenvalue weighted by Gasteiger charge is 2.40. The van der Waals surface area contributed by atoms with Crippen molar-refractivity contribution in [2.45, 2.75) is 17.7 Å². The number of benzene rings is 3. The molecule has 1 aliphatic heterocycles. The average molecular weight is 454 g/mol. The molecule has 0 spiro atoms. The van der Waals surface area contributed by atoms with Crippen LogP contribution in [0.3, 0.4) is 0 Å². The molecule has 0 aliphatic carbocycles. The largest absolute Gasteiger partial charge is 0.325 e. The number of hydrogen-bond donors (Lipinski definition) is 1. The van der Waals surface area contributed by atoms with Crippen LogP contribution in [-0.4, -0.2) is 25.9 Å². The average Bonchev–Trinajstić information content (AvgIpc) is 2.77. The number of halogens is 1. The number of carbonyl (C=O) groups excluding carboxylic acids is 2. The van der Waals surface area contributed by atoms with Crippen LogP contribution in [0.4, 0.5) is 5.69 Å². The molecule has 0 bridgehead atoms. The Hall–Kier alpha value is -2.96. The van der Waals surface area contributed by atoms with Crippen LogP contribution in [0.1, 0.15) is 21.5 Å². The normalized spacial score (nSPS) is 17.1. The van der Waals surface area contributed by atoms with Crippen LogP contribution < -0.4 is 5.32 Å². The number of sulfone groups is 1. The zero-order valence-electron chi connectivity index (χ0n) is 16.5. The molecule has 0 saturated heterocycles. The Balaban J connectivity index is 1.42. The minimum absolute atomic E-state index is 0.00547. The number of fused-ring (bicyclic) bond motifs is 1. The van der Waals surface area contributed by atoms with E-state index in [0.717, 1.165) is 18.4 Å². The highest BCUT2D eigenvalue weighted by atomic mass is 35.5. The Morgan fingerprint density at radius 3 is 2.13 bits per heavy atom. The molecular weight excluding hydrogens is 434 g/mol. The second kappa shape index (κ2) is 8.65. The van der Waals surface area contributed by atoms with Gasteiger partial charge in [-0.3, -0.25) is 9.59 Å². The highest BCUT2D eigenvalue weighted by molar-refractivity contribution is 7.91. The fraction of sp³-hybridized carbons (Fsp3) is 0.167. The van der Waals surface area contributed by atoms with Gasteiger partial charge >= 0.3 is 0 Å². The summed E-state index contributed by atoms with van der Waals surface area (Å²) in [6.45, 7) is 0. The number of rotatable bonds is 5. The minimum atomic E-state index is -3.69. The predicted octanol–water partition coefficient (Wildman–Crippen LogP) is 4.35. The lowest BCUT2D eigenvalue weighted by Crippen LogP contribution is -2.39. The lowest BCUT2D eigenvalue weighted by Gasteiger charge is -2.22. The number of hydrogen-bond acceptors (Lipinski definition) is 4. The Kier molecular flexibility index (Phi) is 5.94. The first-order chi connectivity index (χ1) is 14.8. The molecule has 1 N–H and O–H groups in total.